The van der Waals surface area contributed by atoms with E-state index < -0.39 is 0 Å². The van der Waals surface area contributed by atoms with Crippen LogP contribution in [0.2, 0.25) is 0 Å². The number of nitrogens with two attached hydrogens (primary N) is 1. The molecule has 1 fully saturated rings. The smallest absolute Gasteiger partial charge is 0.249 e. The van der Waals surface area contributed by atoms with Gasteiger partial charge in [0, 0.05) is 11.6 Å². The predicted molar refractivity (Wildman–Crippen MR) is 85.0 cm³/mol. The Bertz CT molecular complexity index is 645. The van der Waals surface area contributed by atoms with Crippen LogP contribution in [0, 0.1) is 0 Å². The van der Waals surface area contributed by atoms with Gasteiger partial charge >= 0.3 is 0 Å². The van der Waals surface area contributed by atoms with Crippen molar-refractivity contribution in [3.8, 4) is 11.1 Å². The van der Waals surface area contributed by atoms with Crippen LogP contribution in [0.1, 0.15) is 41.2 Å². The summed E-state index contributed by atoms with van der Waals surface area (Å²) in [5.74, 6) is -0.378. The van der Waals surface area contributed by atoms with Crippen molar-refractivity contribution in [2.75, 3.05) is 6.54 Å². The molecule has 1 atom stereocenters. The Morgan fingerprint density at radius 1 is 1.00 bits per heavy atom. The number of hydrogen-bond acceptors (Lipinski definition) is 2. The Hall–Kier alpha value is -2.13. The van der Waals surface area contributed by atoms with E-state index in [1.165, 1.54) is 18.4 Å². The van der Waals surface area contributed by atoms with Gasteiger partial charge in [0.15, 0.2) is 0 Å². The lowest BCUT2D eigenvalue weighted by Gasteiger charge is -2.26. The standard InChI is InChI=1S/C18H20N2O/c19-18(21)16-10-4-2-8-14(16)13-7-1-3-9-15(13)17-11-5-6-12-20-17/h1-4,7-10,17,20H,5-6,11-12H2,(H2,19,21). The first-order valence-corrected chi connectivity index (χ1v) is 7.49. The second-order valence-corrected chi connectivity index (χ2v) is 5.50. The highest BCUT2D eigenvalue weighted by atomic mass is 16.1. The summed E-state index contributed by atoms with van der Waals surface area (Å²) in [6.07, 6.45) is 3.61. The normalized spacial score (nSPS) is 18.4. The Morgan fingerprint density at radius 3 is 2.43 bits per heavy atom. The van der Waals surface area contributed by atoms with Crippen LogP contribution in [0.3, 0.4) is 0 Å². The molecule has 0 aliphatic carbocycles. The molecule has 2 aromatic carbocycles. The van der Waals surface area contributed by atoms with Crippen LogP contribution < -0.4 is 11.1 Å². The van der Waals surface area contributed by atoms with Gasteiger partial charge in [-0.3, -0.25) is 4.79 Å². The predicted octanol–water partition coefficient (Wildman–Crippen LogP) is 3.27. The molecule has 3 heteroatoms. The molecule has 0 spiro atoms. The van der Waals surface area contributed by atoms with Gasteiger partial charge in [-0.05, 0) is 42.1 Å². The number of nitrogens with one attached hydrogen (secondary N) is 1. The number of carbonyl (C=O) groups excluding carboxylic acids is 1. The number of carbonyl (C=O) groups is 1. The summed E-state index contributed by atoms with van der Waals surface area (Å²) in [6, 6.07) is 16.2. The first-order chi connectivity index (χ1) is 10.3. The molecule has 0 bridgehead atoms. The zero-order valence-corrected chi connectivity index (χ0v) is 12.0. The Balaban J connectivity index is 2.09. The van der Waals surface area contributed by atoms with Crippen LogP contribution in [0.25, 0.3) is 11.1 Å². The van der Waals surface area contributed by atoms with Crippen molar-refractivity contribution in [2.45, 2.75) is 25.3 Å². The van der Waals surface area contributed by atoms with Crippen LogP contribution in [0.4, 0.5) is 0 Å². The summed E-state index contributed by atoms with van der Waals surface area (Å²) in [5.41, 5.74) is 9.39. The Kier molecular flexibility index (Phi) is 4.02. The van der Waals surface area contributed by atoms with Crippen molar-refractivity contribution in [1.82, 2.24) is 5.32 Å². The molecule has 21 heavy (non-hydrogen) atoms. The number of hydrogen-bond donors (Lipinski definition) is 2. The lowest BCUT2D eigenvalue weighted by molar-refractivity contribution is 0.100. The average molecular weight is 280 g/mol. The van der Waals surface area contributed by atoms with Gasteiger partial charge in [0.25, 0.3) is 0 Å². The van der Waals surface area contributed by atoms with Crippen molar-refractivity contribution in [3.63, 3.8) is 0 Å². The minimum atomic E-state index is -0.378. The fourth-order valence-corrected chi connectivity index (χ4v) is 3.10. The first-order valence-electron chi connectivity index (χ1n) is 7.49. The molecule has 3 nitrogen and oxygen atoms in total. The molecule has 1 heterocycles. The summed E-state index contributed by atoms with van der Waals surface area (Å²) in [4.78, 5) is 11.7. The van der Waals surface area contributed by atoms with E-state index in [-0.39, 0.29) is 5.91 Å². The van der Waals surface area contributed by atoms with Crippen molar-refractivity contribution < 1.29 is 4.79 Å². The molecule has 1 aliphatic rings. The van der Waals surface area contributed by atoms with Crippen LogP contribution in [0.5, 0.6) is 0 Å². The van der Waals surface area contributed by atoms with E-state index in [0.717, 1.165) is 24.1 Å². The molecule has 1 aliphatic heterocycles. The minimum absolute atomic E-state index is 0.357. The summed E-state index contributed by atoms with van der Waals surface area (Å²) in [7, 11) is 0. The van der Waals surface area contributed by atoms with Crippen molar-refractivity contribution >= 4 is 5.91 Å². The Morgan fingerprint density at radius 2 is 1.71 bits per heavy atom. The highest BCUT2D eigenvalue weighted by Crippen LogP contribution is 2.33. The third kappa shape index (κ3) is 2.83. The van der Waals surface area contributed by atoms with Crippen LogP contribution in [0.15, 0.2) is 48.5 Å². The summed E-state index contributed by atoms with van der Waals surface area (Å²) in [5, 5.41) is 3.58. The van der Waals surface area contributed by atoms with Gasteiger partial charge in [0.05, 0.1) is 0 Å². The van der Waals surface area contributed by atoms with E-state index in [9.17, 15) is 4.79 Å². The quantitative estimate of drug-likeness (QED) is 0.906. The molecule has 0 aromatic heterocycles. The van der Waals surface area contributed by atoms with E-state index in [0.29, 0.717) is 11.6 Å². The van der Waals surface area contributed by atoms with E-state index in [4.69, 9.17) is 5.73 Å². The maximum absolute atomic E-state index is 11.7. The lowest BCUT2D eigenvalue weighted by atomic mass is 9.88. The number of piperidine rings is 1. The van der Waals surface area contributed by atoms with Crippen LogP contribution in [-0.4, -0.2) is 12.5 Å². The molecule has 0 saturated carbocycles. The van der Waals surface area contributed by atoms with E-state index in [1.807, 2.05) is 24.3 Å². The van der Waals surface area contributed by atoms with E-state index >= 15 is 0 Å². The summed E-state index contributed by atoms with van der Waals surface area (Å²) < 4.78 is 0. The molecule has 108 valence electrons. The second kappa shape index (κ2) is 6.10. The Labute approximate surface area is 125 Å². The molecule has 1 saturated heterocycles. The highest BCUT2D eigenvalue weighted by Gasteiger charge is 2.20. The molecule has 2 aromatic rings. The van der Waals surface area contributed by atoms with Gasteiger partial charge in [0.2, 0.25) is 5.91 Å². The van der Waals surface area contributed by atoms with Crippen LogP contribution >= 0.6 is 0 Å². The van der Waals surface area contributed by atoms with Crippen molar-refractivity contribution in [3.05, 3.63) is 59.7 Å². The highest BCUT2D eigenvalue weighted by molar-refractivity contribution is 6.00. The second-order valence-electron chi connectivity index (χ2n) is 5.50. The molecule has 1 amide bonds. The zero-order chi connectivity index (χ0) is 14.7. The average Bonchev–Trinajstić information content (AvgIpc) is 2.55. The number of amides is 1. The van der Waals surface area contributed by atoms with E-state index in [2.05, 4.69) is 23.5 Å². The number of primary amides is 1. The molecule has 3 N–H and O–H groups in total. The van der Waals surface area contributed by atoms with Gasteiger partial charge in [-0.1, -0.05) is 48.9 Å². The lowest BCUT2D eigenvalue weighted by Crippen LogP contribution is -2.27. The van der Waals surface area contributed by atoms with Gasteiger partial charge < -0.3 is 11.1 Å². The SMILES string of the molecule is NC(=O)c1ccccc1-c1ccccc1C1CCCCN1. The maximum atomic E-state index is 11.7. The minimum Gasteiger partial charge on any atom is -0.366 e. The maximum Gasteiger partial charge on any atom is 0.249 e. The third-order valence-electron chi connectivity index (χ3n) is 4.13. The third-order valence-corrected chi connectivity index (χ3v) is 4.13. The molecular formula is C18H20N2O. The van der Waals surface area contributed by atoms with Gasteiger partial charge in [-0.25, -0.2) is 0 Å². The number of rotatable bonds is 3. The topological polar surface area (TPSA) is 55.1 Å². The van der Waals surface area contributed by atoms with Gasteiger partial charge in [-0.15, -0.1) is 0 Å². The largest absolute Gasteiger partial charge is 0.366 e. The summed E-state index contributed by atoms with van der Waals surface area (Å²) in [6.45, 7) is 1.05. The fourth-order valence-electron chi connectivity index (χ4n) is 3.10. The number of benzene rings is 2. The monoisotopic (exact) mass is 280 g/mol. The molecule has 1 unspecified atom stereocenters. The fraction of sp³-hybridized carbons (Fsp3) is 0.278. The van der Waals surface area contributed by atoms with Crippen molar-refractivity contribution in [1.29, 1.82) is 0 Å². The summed E-state index contributed by atoms with van der Waals surface area (Å²) >= 11 is 0. The van der Waals surface area contributed by atoms with E-state index in [1.54, 1.807) is 6.07 Å². The zero-order valence-electron chi connectivity index (χ0n) is 12.0. The van der Waals surface area contributed by atoms with Crippen molar-refractivity contribution in [2.24, 2.45) is 5.73 Å². The molecular weight excluding hydrogens is 260 g/mol. The van der Waals surface area contributed by atoms with Crippen LogP contribution in [-0.2, 0) is 0 Å². The molecule has 0 radical (unpaired) electrons. The van der Waals surface area contributed by atoms with Gasteiger partial charge in [-0.2, -0.15) is 0 Å². The molecule has 3 rings (SSSR count). The first kappa shape index (κ1) is 13.8. The van der Waals surface area contributed by atoms with Gasteiger partial charge in [0.1, 0.15) is 0 Å².